The van der Waals surface area contributed by atoms with Crippen LogP contribution >= 0.6 is 81.0 Å². The molecular weight excluding hydrogens is 1050 g/mol. The maximum Gasteiger partial charge on any atom is 0.323 e. The number of fused-ring (bicyclic) bond motifs is 6. The van der Waals surface area contributed by atoms with Gasteiger partial charge < -0.3 is 34.1 Å². The Labute approximate surface area is 479 Å². The third kappa shape index (κ3) is 14.2. The first-order valence-electron chi connectivity index (χ1n) is 24.3. The zero-order valence-corrected chi connectivity index (χ0v) is 49.7. The number of pyridine rings is 1. The second kappa shape index (κ2) is 28.5. The Morgan fingerprint density at radius 3 is 2.30 bits per heavy atom. The highest BCUT2D eigenvalue weighted by Gasteiger charge is 2.43. The molecule has 5 aromatic rings. The fraction of sp³-hybridized carbons (Fsp3) is 0.473. The first kappa shape index (κ1) is 66.3. The van der Waals surface area contributed by atoms with Crippen molar-refractivity contribution in [3.8, 4) is 28.1 Å². The number of amides is 2. The molecular formula is C55H79N5O8S6. The molecule has 0 aliphatic carbocycles. The van der Waals surface area contributed by atoms with Crippen LogP contribution in [0.5, 0.6) is 5.75 Å². The van der Waals surface area contributed by atoms with Gasteiger partial charge in [0.1, 0.15) is 23.9 Å². The lowest BCUT2D eigenvalue weighted by molar-refractivity contribution is -0.150. The highest BCUT2D eigenvalue weighted by molar-refractivity contribution is 7.60. The number of methoxy groups -OCH3 is 1. The number of aromatic hydroxyl groups is 1. The Hall–Kier alpha value is -3.79. The van der Waals surface area contributed by atoms with Crippen LogP contribution in [0.1, 0.15) is 102 Å². The normalized spacial score (nSPS) is 21.0. The predicted octanol–water partition coefficient (Wildman–Crippen LogP) is 8.77. The van der Waals surface area contributed by atoms with E-state index in [1.54, 1.807) is 32.5 Å². The number of ketones is 1. The number of rotatable bonds is 10. The van der Waals surface area contributed by atoms with Crippen molar-refractivity contribution >= 4 is 115 Å². The number of benzene rings is 3. The summed E-state index contributed by atoms with van der Waals surface area (Å²) >= 11 is 0. The fourth-order valence-corrected chi connectivity index (χ4v) is 10.8. The first-order valence-corrected chi connectivity index (χ1v) is 24.3. The Morgan fingerprint density at radius 2 is 1.62 bits per heavy atom. The summed E-state index contributed by atoms with van der Waals surface area (Å²) in [5, 5.41) is 18.8. The second-order valence-corrected chi connectivity index (χ2v) is 20.1. The van der Waals surface area contributed by atoms with Crippen molar-refractivity contribution in [3.05, 3.63) is 107 Å². The molecule has 2 fully saturated rings. The molecule has 0 spiro atoms. The summed E-state index contributed by atoms with van der Waals surface area (Å²) in [6.45, 7) is 13.3. The maximum absolute atomic E-state index is 14.9. The number of esters is 1. The van der Waals surface area contributed by atoms with Crippen LogP contribution in [0, 0.1) is 11.3 Å². The molecule has 3 aromatic carbocycles. The molecule has 6 bridgehead atoms. The largest absolute Gasteiger partial charge is 0.508 e. The Morgan fingerprint density at radius 1 is 0.919 bits per heavy atom. The Kier molecular flexibility index (Phi) is 25.6. The summed E-state index contributed by atoms with van der Waals surface area (Å²) < 4.78 is 20.3. The molecule has 0 radical (unpaired) electrons. The quantitative estimate of drug-likeness (QED) is 0.115. The zero-order chi connectivity index (χ0) is 48.4. The van der Waals surface area contributed by atoms with E-state index >= 15 is 0 Å². The number of phenolic OH excluding ortho intramolecular Hbond substituents is 1. The highest BCUT2D eigenvalue weighted by atomic mass is 32.1. The van der Waals surface area contributed by atoms with E-state index in [2.05, 4.69) is 54.2 Å². The molecule has 2 saturated heterocycles. The van der Waals surface area contributed by atoms with Gasteiger partial charge in [0.05, 0.1) is 36.2 Å². The van der Waals surface area contributed by atoms with Gasteiger partial charge in [-0.1, -0.05) is 70.2 Å². The van der Waals surface area contributed by atoms with Crippen molar-refractivity contribution in [2.45, 2.75) is 129 Å². The van der Waals surface area contributed by atoms with Crippen LogP contribution in [-0.2, 0) is 52.8 Å². The number of phenols is 1. The van der Waals surface area contributed by atoms with Crippen LogP contribution in [-0.4, -0.2) is 101 Å². The molecule has 1 unspecified atom stereocenters. The number of aryl methyl sites for hydroxylation is 1. The first-order chi connectivity index (χ1) is 32.6. The van der Waals surface area contributed by atoms with Crippen molar-refractivity contribution in [2.24, 2.45) is 11.3 Å². The minimum Gasteiger partial charge on any atom is -0.508 e. The van der Waals surface area contributed by atoms with E-state index in [0.29, 0.717) is 50.8 Å². The topological polar surface area (TPSA) is 161 Å². The van der Waals surface area contributed by atoms with Crippen molar-refractivity contribution in [3.63, 3.8) is 0 Å². The SMILES string of the molecule is CCn1c(-c2cccnc2[C@H](C)OC)c2c3cc(ccc31)-c1cc(O)cc(c1)C[C@H](NC(=O)[C@H](C(C)C)N(C)C(=O)[C@H]1OCC[C@H]1c1ccccc1)C(=O)C1CCC[C@H](N1)C(=O)OCC(C)(C)C2.S.S.S.S.S.S. The summed E-state index contributed by atoms with van der Waals surface area (Å²) in [5.41, 5.74) is 7.58. The number of Topliss-reactive ketones (excluding diaryl/α,β-unsaturated/α-hetero) is 1. The van der Waals surface area contributed by atoms with E-state index in [4.69, 9.17) is 19.2 Å². The monoisotopic (exact) mass is 1130 g/mol. The standard InChI is InChI=1S/C55H67N5O8.6H2S/c1-9-60-46-21-20-36-29-41(46)42(49(60)40-17-14-23-56-47(40)33(4)66-8)30-55(5,6)31-68-54(65)44-19-13-18-43(57-44)50(62)45(27-34-25-37(36)28-38(61)26-34)58-52(63)48(32(2)3)59(7)53(64)51-39(22-24-67-51)35-15-11-10-12-16-35;;;;;;/h10-12,14-17,20-21,23,25-26,28-29,32-33,39,43-45,48,51,57,61H,9,13,18-19,22,24,27,30-31H2,1-8H3,(H,58,63);6*1H2/t33-,39-,43?,44-,45-,48-,51-;;;;;;/m0....../s1. The van der Waals surface area contributed by atoms with Crippen LogP contribution < -0.4 is 10.6 Å². The summed E-state index contributed by atoms with van der Waals surface area (Å²) in [4.78, 5) is 64.1. The molecule has 408 valence electrons. The summed E-state index contributed by atoms with van der Waals surface area (Å²) in [6.07, 6.45) is 3.56. The van der Waals surface area contributed by atoms with Crippen LogP contribution in [0.2, 0.25) is 0 Å². The van der Waals surface area contributed by atoms with Crippen LogP contribution in [0.4, 0.5) is 0 Å². The molecule has 3 N–H and O–H groups in total. The van der Waals surface area contributed by atoms with Gasteiger partial charge in [-0.2, -0.15) is 81.0 Å². The van der Waals surface area contributed by atoms with Crippen LogP contribution in [0.25, 0.3) is 33.3 Å². The fourth-order valence-electron chi connectivity index (χ4n) is 10.8. The number of carbonyl (C=O) groups is 4. The van der Waals surface area contributed by atoms with Gasteiger partial charge in [0, 0.05) is 61.3 Å². The molecule has 2 aromatic heterocycles. The second-order valence-electron chi connectivity index (χ2n) is 20.1. The number of hydrogen-bond acceptors (Lipinski definition) is 10. The van der Waals surface area contributed by atoms with Gasteiger partial charge in [-0.05, 0) is 123 Å². The van der Waals surface area contributed by atoms with E-state index in [9.17, 15) is 24.3 Å². The molecule has 0 saturated carbocycles. The van der Waals surface area contributed by atoms with E-state index in [-0.39, 0.29) is 129 Å². The molecule has 3 aliphatic rings. The average molecular weight is 1130 g/mol. The highest BCUT2D eigenvalue weighted by Crippen LogP contribution is 2.42. The van der Waals surface area contributed by atoms with Crippen molar-refractivity contribution in [1.82, 2.24) is 25.1 Å². The van der Waals surface area contributed by atoms with Crippen molar-refractivity contribution < 1.29 is 38.5 Å². The van der Waals surface area contributed by atoms with Gasteiger partial charge in [-0.15, -0.1) is 0 Å². The number of aromatic nitrogens is 2. The molecule has 5 heterocycles. The summed E-state index contributed by atoms with van der Waals surface area (Å²) in [5.74, 6) is -1.98. The van der Waals surface area contributed by atoms with E-state index < -0.39 is 47.6 Å². The van der Waals surface area contributed by atoms with Gasteiger partial charge in [0.15, 0.2) is 5.78 Å². The lowest BCUT2D eigenvalue weighted by Crippen LogP contribution is -2.60. The molecule has 19 heteroatoms. The summed E-state index contributed by atoms with van der Waals surface area (Å²) in [7, 11) is 3.30. The number of nitrogens with zero attached hydrogens (tertiary/aromatic N) is 3. The number of cyclic esters (lactones) is 1. The number of ether oxygens (including phenoxy) is 3. The molecule has 8 rings (SSSR count). The number of hydrogen-bond donors (Lipinski definition) is 3. The van der Waals surface area contributed by atoms with Crippen LogP contribution in [0.3, 0.4) is 0 Å². The molecule has 7 atom stereocenters. The van der Waals surface area contributed by atoms with Gasteiger partial charge in [0.25, 0.3) is 5.91 Å². The zero-order valence-electron chi connectivity index (χ0n) is 43.7. The van der Waals surface area contributed by atoms with Crippen LogP contribution in [0.15, 0.2) is 85.1 Å². The minimum absolute atomic E-state index is 0. The third-order valence-corrected chi connectivity index (χ3v) is 14.2. The number of piperidine rings is 1. The predicted molar refractivity (Wildman–Crippen MR) is 324 cm³/mol. The van der Waals surface area contributed by atoms with E-state index in [1.165, 1.54) is 4.90 Å². The molecule has 74 heavy (non-hydrogen) atoms. The lowest BCUT2D eigenvalue weighted by atomic mass is 9.84. The smallest absolute Gasteiger partial charge is 0.323 e. The average Bonchev–Trinajstić information content (AvgIpc) is 3.94. The Bertz CT molecular complexity index is 2690. The van der Waals surface area contributed by atoms with Crippen molar-refractivity contribution in [1.29, 1.82) is 0 Å². The maximum atomic E-state index is 14.9. The Balaban J connectivity index is 0.00000312. The van der Waals surface area contributed by atoms with Gasteiger partial charge in [0.2, 0.25) is 5.91 Å². The van der Waals surface area contributed by atoms with Gasteiger partial charge in [-0.3, -0.25) is 29.5 Å². The van der Waals surface area contributed by atoms with Gasteiger partial charge in [-0.25, -0.2) is 0 Å². The van der Waals surface area contributed by atoms with E-state index in [0.717, 1.165) is 50.1 Å². The number of likely N-dealkylation sites (N-methyl/N-ethyl adjacent to an activating group) is 1. The number of carbonyl (C=O) groups excluding carboxylic acids is 4. The molecule has 3 aliphatic heterocycles. The van der Waals surface area contributed by atoms with Gasteiger partial charge >= 0.3 is 5.97 Å². The van der Waals surface area contributed by atoms with Crippen molar-refractivity contribution in [2.75, 3.05) is 27.4 Å². The van der Waals surface area contributed by atoms with E-state index in [1.807, 2.05) is 69.3 Å². The summed E-state index contributed by atoms with van der Waals surface area (Å²) in [6, 6.07) is 21.9. The minimum atomic E-state index is -1.08. The third-order valence-electron chi connectivity index (χ3n) is 14.2. The molecule has 2 amide bonds. The lowest BCUT2D eigenvalue weighted by Gasteiger charge is -2.35. The molecule has 13 nitrogen and oxygen atoms in total. The number of nitrogens with one attached hydrogen (secondary N) is 2.